The van der Waals surface area contributed by atoms with Crippen molar-refractivity contribution in [1.82, 2.24) is 10.2 Å². The van der Waals surface area contributed by atoms with Crippen molar-refractivity contribution >= 4 is 17.7 Å². The number of hydrogen-bond acceptors (Lipinski definition) is 3. The lowest BCUT2D eigenvalue weighted by molar-refractivity contribution is -0.122. The van der Waals surface area contributed by atoms with Crippen LogP contribution in [0, 0.1) is 5.92 Å². The first-order valence-corrected chi connectivity index (χ1v) is 8.14. The normalized spacial score (nSPS) is 15.0. The van der Waals surface area contributed by atoms with Crippen LogP contribution in [0.3, 0.4) is 0 Å². The average Bonchev–Trinajstić information content (AvgIpc) is 2.72. The third-order valence-electron chi connectivity index (χ3n) is 4.01. The fourth-order valence-corrected chi connectivity index (χ4v) is 2.75. The van der Waals surface area contributed by atoms with Crippen molar-refractivity contribution in [2.24, 2.45) is 5.92 Å². The van der Waals surface area contributed by atoms with Crippen molar-refractivity contribution in [3.8, 4) is 0 Å². The summed E-state index contributed by atoms with van der Waals surface area (Å²) in [6.07, 6.45) is 3.07. The minimum Gasteiger partial charge on any atom is -0.352 e. The molecule has 1 heterocycles. The molecule has 0 saturated carbocycles. The summed E-state index contributed by atoms with van der Waals surface area (Å²) >= 11 is 0. The predicted molar refractivity (Wildman–Crippen MR) is 88.1 cm³/mol. The molecule has 2 rings (SSSR count). The molecule has 1 aromatic carbocycles. The van der Waals surface area contributed by atoms with Crippen LogP contribution in [0.2, 0.25) is 0 Å². The number of benzene rings is 1. The second-order valence-corrected chi connectivity index (χ2v) is 6.54. The summed E-state index contributed by atoms with van der Waals surface area (Å²) in [6, 6.07) is 6.69. The third-order valence-corrected chi connectivity index (χ3v) is 4.01. The van der Waals surface area contributed by atoms with E-state index in [1.807, 2.05) is 6.92 Å². The van der Waals surface area contributed by atoms with E-state index >= 15 is 0 Å². The number of rotatable bonds is 7. The molecule has 23 heavy (non-hydrogen) atoms. The number of nitrogens with zero attached hydrogens (tertiary/aromatic N) is 1. The van der Waals surface area contributed by atoms with Gasteiger partial charge in [-0.15, -0.1) is 0 Å². The van der Waals surface area contributed by atoms with Gasteiger partial charge in [-0.2, -0.15) is 0 Å². The monoisotopic (exact) mass is 316 g/mol. The highest BCUT2D eigenvalue weighted by molar-refractivity contribution is 6.22. The second kappa shape index (κ2) is 7.40. The lowest BCUT2D eigenvalue weighted by Crippen LogP contribution is -2.43. The van der Waals surface area contributed by atoms with Crippen molar-refractivity contribution in [2.75, 3.05) is 6.54 Å². The molecule has 1 atom stereocenters. The zero-order valence-corrected chi connectivity index (χ0v) is 14.0. The fraction of sp³-hybridized carbons (Fsp3) is 0.500. The van der Waals surface area contributed by atoms with E-state index in [0.717, 1.165) is 24.2 Å². The minimum atomic E-state index is -0.395. The number of imide groups is 1. The molecule has 0 fully saturated rings. The molecule has 0 radical (unpaired) electrons. The molecule has 0 saturated heterocycles. The van der Waals surface area contributed by atoms with Crippen LogP contribution in [-0.2, 0) is 4.79 Å². The van der Waals surface area contributed by atoms with E-state index in [1.54, 1.807) is 24.3 Å². The van der Waals surface area contributed by atoms with Gasteiger partial charge in [0.1, 0.15) is 6.54 Å². The van der Waals surface area contributed by atoms with Gasteiger partial charge in [-0.05, 0) is 31.4 Å². The number of fused-ring (bicyclic) bond motifs is 1. The standard InChI is InChI=1S/C18H24N2O3/c1-12(2)7-6-8-13(3)19-16(21)11-20-17(22)14-9-4-5-10-15(14)18(20)23/h4-5,9-10,12-13H,6-8,11H2,1-3H3,(H,19,21). The first-order valence-electron chi connectivity index (χ1n) is 8.14. The molecule has 0 aliphatic carbocycles. The van der Waals surface area contributed by atoms with Crippen molar-refractivity contribution < 1.29 is 14.4 Å². The molecule has 3 amide bonds. The molecule has 0 aromatic heterocycles. The van der Waals surface area contributed by atoms with Crippen LogP contribution in [0.25, 0.3) is 0 Å². The van der Waals surface area contributed by atoms with Gasteiger partial charge in [0.15, 0.2) is 0 Å². The van der Waals surface area contributed by atoms with Gasteiger partial charge in [-0.1, -0.05) is 38.8 Å². The molecule has 0 bridgehead atoms. The Balaban J connectivity index is 1.87. The van der Waals surface area contributed by atoms with Gasteiger partial charge >= 0.3 is 0 Å². The van der Waals surface area contributed by atoms with Crippen molar-refractivity contribution in [3.05, 3.63) is 35.4 Å². The van der Waals surface area contributed by atoms with E-state index < -0.39 is 11.8 Å². The van der Waals surface area contributed by atoms with Gasteiger partial charge in [-0.3, -0.25) is 19.3 Å². The Bertz CT molecular complexity index is 575. The topological polar surface area (TPSA) is 66.5 Å². The highest BCUT2D eigenvalue weighted by atomic mass is 16.2. The molecule has 1 N–H and O–H groups in total. The smallest absolute Gasteiger partial charge is 0.262 e. The molecule has 0 spiro atoms. The van der Waals surface area contributed by atoms with Crippen LogP contribution in [0.4, 0.5) is 0 Å². The van der Waals surface area contributed by atoms with Crippen LogP contribution in [0.1, 0.15) is 60.7 Å². The van der Waals surface area contributed by atoms with E-state index in [4.69, 9.17) is 0 Å². The lowest BCUT2D eigenvalue weighted by atomic mass is 10.0. The zero-order chi connectivity index (χ0) is 17.0. The summed E-state index contributed by atoms with van der Waals surface area (Å²) in [5, 5.41) is 2.86. The van der Waals surface area contributed by atoms with Crippen LogP contribution in [0.15, 0.2) is 24.3 Å². The van der Waals surface area contributed by atoms with E-state index in [9.17, 15) is 14.4 Å². The molecule has 1 unspecified atom stereocenters. The summed E-state index contributed by atoms with van der Waals surface area (Å²) in [5.74, 6) is -0.436. The van der Waals surface area contributed by atoms with Crippen molar-refractivity contribution in [2.45, 2.75) is 46.1 Å². The summed E-state index contributed by atoms with van der Waals surface area (Å²) in [7, 11) is 0. The van der Waals surface area contributed by atoms with Gasteiger partial charge in [0, 0.05) is 6.04 Å². The summed E-state index contributed by atoms with van der Waals surface area (Å²) in [5.41, 5.74) is 0.741. The quantitative estimate of drug-likeness (QED) is 0.786. The molecule has 1 aliphatic heterocycles. The number of nitrogens with one attached hydrogen (secondary N) is 1. The molecular weight excluding hydrogens is 292 g/mol. The van der Waals surface area contributed by atoms with Gasteiger partial charge in [0.05, 0.1) is 11.1 Å². The Morgan fingerprint density at radius 2 is 1.61 bits per heavy atom. The zero-order valence-electron chi connectivity index (χ0n) is 14.0. The maximum absolute atomic E-state index is 12.2. The number of hydrogen-bond donors (Lipinski definition) is 1. The summed E-state index contributed by atoms with van der Waals surface area (Å²) in [4.78, 5) is 37.5. The second-order valence-electron chi connectivity index (χ2n) is 6.54. The van der Waals surface area contributed by atoms with Crippen LogP contribution >= 0.6 is 0 Å². The third kappa shape index (κ3) is 4.18. The van der Waals surface area contributed by atoms with Crippen molar-refractivity contribution in [1.29, 1.82) is 0 Å². The van der Waals surface area contributed by atoms with Gasteiger partial charge in [0.25, 0.3) is 11.8 Å². The number of carbonyl (C=O) groups excluding carboxylic acids is 3. The maximum atomic E-state index is 12.2. The highest BCUT2D eigenvalue weighted by Gasteiger charge is 2.36. The Morgan fingerprint density at radius 1 is 1.04 bits per heavy atom. The van der Waals surface area contributed by atoms with E-state index in [1.165, 1.54) is 0 Å². The van der Waals surface area contributed by atoms with E-state index in [0.29, 0.717) is 17.0 Å². The molecular formula is C18H24N2O3. The fourth-order valence-electron chi connectivity index (χ4n) is 2.75. The minimum absolute atomic E-state index is 0.0384. The Morgan fingerprint density at radius 3 is 2.13 bits per heavy atom. The van der Waals surface area contributed by atoms with Gasteiger partial charge in [-0.25, -0.2) is 0 Å². The highest BCUT2D eigenvalue weighted by Crippen LogP contribution is 2.21. The molecule has 5 nitrogen and oxygen atoms in total. The van der Waals surface area contributed by atoms with Crippen molar-refractivity contribution in [3.63, 3.8) is 0 Å². The maximum Gasteiger partial charge on any atom is 0.262 e. The molecule has 5 heteroatoms. The first kappa shape index (κ1) is 17.2. The van der Waals surface area contributed by atoms with Crippen LogP contribution in [-0.4, -0.2) is 35.2 Å². The largest absolute Gasteiger partial charge is 0.352 e. The Hall–Kier alpha value is -2.17. The molecule has 124 valence electrons. The van der Waals surface area contributed by atoms with Gasteiger partial charge < -0.3 is 5.32 Å². The SMILES string of the molecule is CC(C)CCCC(C)NC(=O)CN1C(=O)c2ccccc2C1=O. The lowest BCUT2D eigenvalue weighted by Gasteiger charge is -2.17. The number of amides is 3. The first-order chi connectivity index (χ1) is 10.9. The summed E-state index contributed by atoms with van der Waals surface area (Å²) < 4.78 is 0. The summed E-state index contributed by atoms with van der Waals surface area (Å²) in [6.45, 7) is 6.07. The number of carbonyl (C=O) groups is 3. The Kier molecular flexibility index (Phi) is 5.53. The van der Waals surface area contributed by atoms with E-state index in [-0.39, 0.29) is 18.5 Å². The van der Waals surface area contributed by atoms with Gasteiger partial charge in [0.2, 0.25) is 5.91 Å². The average molecular weight is 316 g/mol. The van der Waals surface area contributed by atoms with Crippen LogP contribution < -0.4 is 5.32 Å². The molecule has 1 aliphatic rings. The Labute approximate surface area is 137 Å². The van der Waals surface area contributed by atoms with E-state index in [2.05, 4.69) is 19.2 Å². The molecule has 1 aromatic rings. The predicted octanol–water partition coefficient (Wildman–Crippen LogP) is 2.61. The van der Waals surface area contributed by atoms with Crippen LogP contribution in [0.5, 0.6) is 0 Å².